The number of nitriles is 1. The Balaban J connectivity index is 2.04. The highest BCUT2D eigenvalue weighted by Crippen LogP contribution is 2.35. The van der Waals surface area contributed by atoms with E-state index in [9.17, 15) is 28.0 Å². The number of carboxylic acids is 1. The number of alkyl halides is 3. The summed E-state index contributed by atoms with van der Waals surface area (Å²) >= 11 is 5.89. The van der Waals surface area contributed by atoms with Gasteiger partial charge >= 0.3 is 12.1 Å². The topological polar surface area (TPSA) is 114 Å². The number of carboxylic acid groups (broad SMARTS) is 1. The number of benzene rings is 3. The number of carbonyl (C=O) groups excluding carboxylic acids is 1. The fraction of sp³-hybridized carbons (Fsp3) is 0.0435. The Hall–Kier alpha value is -4.16. The molecule has 3 rings (SSSR count). The molecule has 0 spiro atoms. The van der Waals surface area contributed by atoms with Crippen molar-refractivity contribution in [3.63, 3.8) is 0 Å². The van der Waals surface area contributed by atoms with E-state index >= 15 is 0 Å². The predicted molar refractivity (Wildman–Crippen MR) is 115 cm³/mol. The first-order chi connectivity index (χ1) is 15.5. The summed E-state index contributed by atoms with van der Waals surface area (Å²) in [6, 6.07) is 14.1. The molecule has 0 aliphatic carbocycles. The number of anilines is 1. The monoisotopic (exact) mass is 471 g/mol. The van der Waals surface area contributed by atoms with Gasteiger partial charge in [-0.25, -0.2) is 4.79 Å². The van der Waals surface area contributed by atoms with Crippen LogP contribution in [-0.4, -0.2) is 22.7 Å². The lowest BCUT2D eigenvalue weighted by Crippen LogP contribution is -2.20. The van der Waals surface area contributed by atoms with Crippen molar-refractivity contribution in [2.45, 2.75) is 6.18 Å². The van der Waals surface area contributed by atoms with Gasteiger partial charge in [0.2, 0.25) is 0 Å². The average Bonchev–Trinajstić information content (AvgIpc) is 2.77. The van der Waals surface area contributed by atoms with Crippen LogP contribution in [0.5, 0.6) is 0 Å². The third-order valence-corrected chi connectivity index (χ3v) is 4.95. The van der Waals surface area contributed by atoms with Gasteiger partial charge in [0.25, 0.3) is 5.91 Å². The van der Waals surface area contributed by atoms with Crippen LogP contribution < -0.4 is 5.32 Å². The maximum Gasteiger partial charge on any atom is 0.417 e. The number of halogens is 4. The van der Waals surface area contributed by atoms with E-state index in [0.29, 0.717) is 0 Å². The summed E-state index contributed by atoms with van der Waals surface area (Å²) in [7, 11) is 0. The highest BCUT2D eigenvalue weighted by molar-refractivity contribution is 6.34. The Bertz CT molecular complexity index is 1310. The fourth-order valence-electron chi connectivity index (χ4n) is 3.05. The van der Waals surface area contributed by atoms with Crippen LogP contribution in [-0.2, 0) is 6.18 Å². The van der Waals surface area contributed by atoms with Crippen LogP contribution in [0.15, 0.2) is 60.7 Å². The maximum atomic E-state index is 13.4. The van der Waals surface area contributed by atoms with E-state index in [2.05, 4.69) is 5.32 Å². The van der Waals surface area contributed by atoms with Crippen LogP contribution in [0.3, 0.4) is 0 Å². The molecule has 3 aromatic rings. The lowest BCUT2D eigenvalue weighted by molar-refractivity contribution is -0.137. The highest BCUT2D eigenvalue weighted by Gasteiger charge is 2.36. The van der Waals surface area contributed by atoms with Crippen LogP contribution in [0.4, 0.5) is 18.9 Å². The molecule has 0 saturated heterocycles. The molecule has 3 N–H and O–H groups in total. The fourth-order valence-corrected chi connectivity index (χ4v) is 3.31. The van der Waals surface area contributed by atoms with Gasteiger partial charge in [-0.2, -0.15) is 18.4 Å². The quantitative estimate of drug-likeness (QED) is 0.420. The first kappa shape index (κ1) is 23.5. The average molecular weight is 472 g/mol. The second-order valence-corrected chi connectivity index (χ2v) is 7.15. The summed E-state index contributed by atoms with van der Waals surface area (Å²) < 4.78 is 40.2. The van der Waals surface area contributed by atoms with Gasteiger partial charge in [0, 0.05) is 11.1 Å². The Morgan fingerprint density at radius 2 is 1.67 bits per heavy atom. The zero-order chi connectivity index (χ0) is 24.3. The van der Waals surface area contributed by atoms with Crippen LogP contribution in [0.2, 0.25) is 5.02 Å². The second kappa shape index (κ2) is 9.14. The molecule has 166 valence electrons. The third kappa shape index (κ3) is 5.02. The molecular formula is C23H13ClF3N3O3. The van der Waals surface area contributed by atoms with Crippen LogP contribution in [0.25, 0.3) is 0 Å². The van der Waals surface area contributed by atoms with Gasteiger partial charge in [0.1, 0.15) is 0 Å². The summed E-state index contributed by atoms with van der Waals surface area (Å²) in [5.74, 6) is -2.32. The minimum absolute atomic E-state index is 0.00157. The van der Waals surface area contributed by atoms with E-state index in [1.54, 1.807) is 0 Å². The molecule has 0 heterocycles. The SMILES string of the molecule is N#Cc1ccc(C(=N)c2ccc(C(=O)O)cc2)c(NC(=O)c2c(Cl)cccc2C(F)(F)F)c1. The highest BCUT2D eigenvalue weighted by atomic mass is 35.5. The van der Waals surface area contributed by atoms with Crippen molar-refractivity contribution in [3.8, 4) is 6.07 Å². The standard InChI is InChI=1S/C23H13ClF3N3O3/c24-17-3-1-2-16(23(25,26)27)19(17)21(31)30-18-10-12(11-28)4-9-15(18)20(29)13-5-7-14(8-6-13)22(32)33/h1-10,29H,(H,30,31)(H,32,33). The van der Waals surface area contributed by atoms with Crippen molar-refractivity contribution < 1.29 is 27.9 Å². The number of hydrogen-bond donors (Lipinski definition) is 3. The number of nitrogens with one attached hydrogen (secondary N) is 2. The minimum Gasteiger partial charge on any atom is -0.478 e. The second-order valence-electron chi connectivity index (χ2n) is 6.74. The largest absolute Gasteiger partial charge is 0.478 e. The number of hydrogen-bond acceptors (Lipinski definition) is 4. The van der Waals surface area contributed by atoms with Gasteiger partial charge < -0.3 is 10.4 Å². The molecule has 0 aromatic heterocycles. The number of amides is 1. The van der Waals surface area contributed by atoms with Crippen molar-refractivity contribution >= 4 is 34.9 Å². The van der Waals surface area contributed by atoms with Crippen molar-refractivity contribution in [1.29, 1.82) is 10.7 Å². The number of carbonyl (C=O) groups is 2. The molecule has 1 amide bonds. The Morgan fingerprint density at radius 3 is 2.24 bits per heavy atom. The van der Waals surface area contributed by atoms with Crippen LogP contribution >= 0.6 is 11.6 Å². The Labute approximate surface area is 190 Å². The summed E-state index contributed by atoms with van der Waals surface area (Å²) in [4.78, 5) is 23.9. The van der Waals surface area contributed by atoms with Crippen LogP contribution in [0, 0.1) is 16.7 Å². The summed E-state index contributed by atoms with van der Waals surface area (Å²) in [5, 5.41) is 28.6. The smallest absolute Gasteiger partial charge is 0.417 e. The number of nitrogens with zero attached hydrogens (tertiary/aromatic N) is 1. The third-order valence-electron chi connectivity index (χ3n) is 4.63. The van der Waals surface area contributed by atoms with E-state index in [-0.39, 0.29) is 33.7 Å². The lowest BCUT2D eigenvalue weighted by Gasteiger charge is -2.16. The summed E-state index contributed by atoms with van der Waals surface area (Å²) in [6.45, 7) is 0. The van der Waals surface area contributed by atoms with E-state index in [1.165, 1.54) is 42.5 Å². The molecule has 0 fully saturated rings. The molecule has 33 heavy (non-hydrogen) atoms. The number of aromatic carboxylic acids is 1. The van der Waals surface area contributed by atoms with Gasteiger partial charge in [-0.1, -0.05) is 29.8 Å². The van der Waals surface area contributed by atoms with E-state index in [0.717, 1.165) is 18.2 Å². The summed E-state index contributed by atoms with van der Waals surface area (Å²) in [6.07, 6.45) is -4.84. The first-order valence-electron chi connectivity index (χ1n) is 9.16. The Kier molecular flexibility index (Phi) is 6.51. The molecule has 0 bridgehead atoms. The van der Waals surface area contributed by atoms with Gasteiger partial charge in [0.15, 0.2) is 0 Å². The number of rotatable bonds is 5. The van der Waals surface area contributed by atoms with Crippen molar-refractivity contribution in [2.24, 2.45) is 0 Å². The molecule has 0 atom stereocenters. The molecule has 6 nitrogen and oxygen atoms in total. The molecule has 0 aliphatic rings. The molecule has 0 radical (unpaired) electrons. The van der Waals surface area contributed by atoms with E-state index in [1.807, 2.05) is 6.07 Å². The molecule has 0 unspecified atom stereocenters. The first-order valence-corrected chi connectivity index (χ1v) is 9.54. The molecule has 10 heteroatoms. The van der Waals surface area contributed by atoms with Crippen molar-refractivity contribution in [2.75, 3.05) is 5.32 Å². The van der Waals surface area contributed by atoms with Gasteiger partial charge in [-0.3, -0.25) is 10.2 Å². The van der Waals surface area contributed by atoms with Gasteiger partial charge in [-0.15, -0.1) is 0 Å². The lowest BCUT2D eigenvalue weighted by atomic mass is 9.98. The van der Waals surface area contributed by atoms with E-state index < -0.39 is 34.2 Å². The normalized spacial score (nSPS) is 10.9. The van der Waals surface area contributed by atoms with Crippen molar-refractivity contribution in [3.05, 3.63) is 99.1 Å². The predicted octanol–water partition coefficient (Wildman–Crippen LogP) is 5.60. The maximum absolute atomic E-state index is 13.4. The Morgan fingerprint density at radius 1 is 1.03 bits per heavy atom. The molecular weight excluding hydrogens is 459 g/mol. The zero-order valence-electron chi connectivity index (χ0n) is 16.5. The van der Waals surface area contributed by atoms with Crippen molar-refractivity contribution in [1.82, 2.24) is 0 Å². The van der Waals surface area contributed by atoms with E-state index in [4.69, 9.17) is 22.1 Å². The van der Waals surface area contributed by atoms with Crippen LogP contribution in [0.1, 0.15) is 43.0 Å². The molecule has 3 aromatic carbocycles. The summed E-state index contributed by atoms with van der Waals surface area (Å²) in [5.41, 5.74) is -1.78. The van der Waals surface area contributed by atoms with Gasteiger partial charge in [0.05, 0.1) is 44.7 Å². The molecule has 0 saturated carbocycles. The molecule has 0 aliphatic heterocycles. The minimum atomic E-state index is -4.84. The van der Waals surface area contributed by atoms with Gasteiger partial charge in [-0.05, 0) is 42.5 Å². The zero-order valence-corrected chi connectivity index (χ0v) is 17.3.